The molecule has 0 unspecified atom stereocenters. The number of nitro groups is 1. The van der Waals surface area contributed by atoms with Crippen molar-refractivity contribution < 1.29 is 9.72 Å². The summed E-state index contributed by atoms with van der Waals surface area (Å²) in [6, 6.07) is 19.4. The van der Waals surface area contributed by atoms with Gasteiger partial charge >= 0.3 is 0 Å². The molecule has 3 aromatic rings. The molecule has 0 radical (unpaired) electrons. The van der Waals surface area contributed by atoms with E-state index in [1.165, 1.54) is 18.2 Å². The van der Waals surface area contributed by atoms with Crippen LogP contribution < -0.4 is 0 Å². The molecule has 0 aliphatic carbocycles. The van der Waals surface area contributed by atoms with E-state index >= 15 is 0 Å². The number of nitrogens with zero attached hydrogens (tertiary/aromatic N) is 1. The summed E-state index contributed by atoms with van der Waals surface area (Å²) in [5.74, 6) is -0.0971. The largest absolute Gasteiger partial charge is 0.289 e. The first-order valence-electron chi connectivity index (χ1n) is 7.10. The summed E-state index contributed by atoms with van der Waals surface area (Å²) in [6.07, 6.45) is 3.15. The van der Waals surface area contributed by atoms with Crippen molar-refractivity contribution in [2.75, 3.05) is 0 Å². The maximum absolute atomic E-state index is 12.4. The van der Waals surface area contributed by atoms with Gasteiger partial charge in [-0.3, -0.25) is 14.9 Å². The van der Waals surface area contributed by atoms with Gasteiger partial charge in [0.1, 0.15) is 0 Å². The number of allylic oxidation sites excluding steroid dienone is 1. The Kier molecular flexibility index (Phi) is 3.97. The Hall–Kier alpha value is -3.27. The third-order valence-electron chi connectivity index (χ3n) is 3.59. The van der Waals surface area contributed by atoms with Gasteiger partial charge in [0.2, 0.25) is 0 Å². The molecule has 0 heterocycles. The van der Waals surface area contributed by atoms with Crippen molar-refractivity contribution in [2.24, 2.45) is 0 Å². The Morgan fingerprint density at radius 2 is 1.61 bits per heavy atom. The Morgan fingerprint density at radius 3 is 2.35 bits per heavy atom. The lowest BCUT2D eigenvalue weighted by Gasteiger charge is -2.02. The first-order valence-corrected chi connectivity index (χ1v) is 7.10. The minimum absolute atomic E-state index is 0.0301. The van der Waals surface area contributed by atoms with E-state index in [-0.39, 0.29) is 11.5 Å². The number of benzene rings is 3. The lowest BCUT2D eigenvalue weighted by Crippen LogP contribution is -1.95. The number of carbonyl (C=O) groups is 1. The number of hydrogen-bond donors (Lipinski definition) is 0. The number of carbonyl (C=O) groups excluding carboxylic acids is 1. The Bertz CT molecular complexity index is 906. The Labute approximate surface area is 132 Å². The molecule has 3 rings (SSSR count). The number of non-ortho nitro benzene ring substituents is 1. The molecule has 0 saturated heterocycles. The summed E-state index contributed by atoms with van der Waals surface area (Å²) < 4.78 is 0. The van der Waals surface area contributed by atoms with Crippen molar-refractivity contribution >= 4 is 28.3 Å². The lowest BCUT2D eigenvalue weighted by atomic mass is 10.0. The zero-order valence-corrected chi connectivity index (χ0v) is 12.2. The van der Waals surface area contributed by atoms with Gasteiger partial charge in [-0.1, -0.05) is 48.5 Å². The standard InChI is InChI=1S/C19H13NO3/c21-19(13-10-14-8-11-16(12-9-14)20(22)23)18-7-3-5-15-4-1-2-6-17(15)18/h1-13H. The predicted octanol–water partition coefficient (Wildman–Crippen LogP) is 4.64. The van der Waals surface area contributed by atoms with Gasteiger partial charge in [-0.2, -0.15) is 0 Å². The van der Waals surface area contributed by atoms with Crippen LogP contribution in [0.3, 0.4) is 0 Å². The number of ketones is 1. The summed E-state index contributed by atoms with van der Waals surface area (Å²) in [5.41, 5.74) is 1.41. The Morgan fingerprint density at radius 1 is 0.913 bits per heavy atom. The molecular weight excluding hydrogens is 290 g/mol. The SMILES string of the molecule is O=C(C=Cc1ccc([N+](=O)[O-])cc1)c1cccc2ccccc12. The number of nitro benzene ring substituents is 1. The number of fused-ring (bicyclic) bond motifs is 1. The van der Waals surface area contributed by atoms with E-state index in [0.29, 0.717) is 5.56 Å². The molecule has 0 amide bonds. The quantitative estimate of drug-likeness (QED) is 0.305. The van der Waals surface area contributed by atoms with E-state index in [9.17, 15) is 14.9 Å². The maximum Gasteiger partial charge on any atom is 0.269 e. The molecule has 112 valence electrons. The summed E-state index contributed by atoms with van der Waals surface area (Å²) in [4.78, 5) is 22.6. The van der Waals surface area contributed by atoms with Gasteiger partial charge in [0, 0.05) is 17.7 Å². The normalized spacial score (nSPS) is 11.0. The third kappa shape index (κ3) is 3.16. The van der Waals surface area contributed by atoms with E-state index < -0.39 is 4.92 Å². The highest BCUT2D eigenvalue weighted by molar-refractivity contribution is 6.14. The monoisotopic (exact) mass is 303 g/mol. The highest BCUT2D eigenvalue weighted by Gasteiger charge is 2.07. The highest BCUT2D eigenvalue weighted by Crippen LogP contribution is 2.20. The van der Waals surface area contributed by atoms with Gasteiger partial charge in [-0.05, 0) is 34.5 Å². The van der Waals surface area contributed by atoms with Crippen LogP contribution in [0.4, 0.5) is 5.69 Å². The van der Waals surface area contributed by atoms with Crippen LogP contribution >= 0.6 is 0 Å². The van der Waals surface area contributed by atoms with E-state index in [4.69, 9.17) is 0 Å². The fraction of sp³-hybridized carbons (Fsp3) is 0. The molecular formula is C19H13NO3. The van der Waals surface area contributed by atoms with Crippen LogP contribution in [-0.2, 0) is 0 Å². The number of hydrogen-bond acceptors (Lipinski definition) is 3. The molecule has 0 saturated carbocycles. The van der Waals surface area contributed by atoms with E-state index in [0.717, 1.165) is 16.3 Å². The van der Waals surface area contributed by atoms with Crippen molar-refractivity contribution in [1.29, 1.82) is 0 Å². The summed E-state index contributed by atoms with van der Waals surface area (Å²) >= 11 is 0. The maximum atomic E-state index is 12.4. The second-order valence-corrected chi connectivity index (χ2v) is 5.07. The summed E-state index contributed by atoms with van der Waals surface area (Å²) in [6.45, 7) is 0. The Balaban J connectivity index is 1.87. The van der Waals surface area contributed by atoms with Crippen LogP contribution in [0.15, 0.2) is 72.8 Å². The summed E-state index contributed by atoms with van der Waals surface area (Å²) in [7, 11) is 0. The topological polar surface area (TPSA) is 60.2 Å². The van der Waals surface area contributed by atoms with Gasteiger partial charge in [0.05, 0.1) is 4.92 Å². The first-order chi connectivity index (χ1) is 11.1. The molecule has 3 aromatic carbocycles. The smallest absolute Gasteiger partial charge is 0.269 e. The lowest BCUT2D eigenvalue weighted by molar-refractivity contribution is -0.384. The van der Waals surface area contributed by atoms with Crippen LogP contribution in [0.5, 0.6) is 0 Å². The molecule has 0 aliphatic heterocycles. The van der Waals surface area contributed by atoms with Crippen LogP contribution in [0, 0.1) is 10.1 Å². The van der Waals surface area contributed by atoms with Crippen LogP contribution in [0.1, 0.15) is 15.9 Å². The van der Waals surface area contributed by atoms with Gasteiger partial charge in [0.25, 0.3) is 5.69 Å². The van der Waals surface area contributed by atoms with E-state index in [1.54, 1.807) is 24.3 Å². The minimum atomic E-state index is -0.450. The van der Waals surface area contributed by atoms with Crippen molar-refractivity contribution in [1.82, 2.24) is 0 Å². The van der Waals surface area contributed by atoms with Gasteiger partial charge in [0.15, 0.2) is 5.78 Å². The van der Waals surface area contributed by atoms with Crippen molar-refractivity contribution in [3.8, 4) is 0 Å². The van der Waals surface area contributed by atoms with Crippen molar-refractivity contribution in [3.05, 3.63) is 94.0 Å². The molecule has 0 atom stereocenters. The average Bonchev–Trinajstić information content (AvgIpc) is 2.59. The van der Waals surface area contributed by atoms with Crippen LogP contribution in [0.25, 0.3) is 16.8 Å². The van der Waals surface area contributed by atoms with Gasteiger partial charge < -0.3 is 0 Å². The highest BCUT2D eigenvalue weighted by atomic mass is 16.6. The zero-order chi connectivity index (χ0) is 16.2. The fourth-order valence-corrected chi connectivity index (χ4v) is 2.41. The second-order valence-electron chi connectivity index (χ2n) is 5.07. The predicted molar refractivity (Wildman–Crippen MR) is 90.4 cm³/mol. The molecule has 4 nitrogen and oxygen atoms in total. The molecule has 4 heteroatoms. The molecule has 0 aromatic heterocycles. The van der Waals surface area contributed by atoms with Gasteiger partial charge in [-0.15, -0.1) is 0 Å². The summed E-state index contributed by atoms with van der Waals surface area (Å²) in [5, 5.41) is 12.5. The minimum Gasteiger partial charge on any atom is -0.289 e. The molecule has 0 spiro atoms. The van der Waals surface area contributed by atoms with Crippen LogP contribution in [0.2, 0.25) is 0 Å². The third-order valence-corrected chi connectivity index (χ3v) is 3.59. The number of rotatable bonds is 4. The molecule has 0 N–H and O–H groups in total. The zero-order valence-electron chi connectivity index (χ0n) is 12.2. The molecule has 0 fully saturated rings. The van der Waals surface area contributed by atoms with Crippen molar-refractivity contribution in [2.45, 2.75) is 0 Å². The van der Waals surface area contributed by atoms with Crippen molar-refractivity contribution in [3.63, 3.8) is 0 Å². The average molecular weight is 303 g/mol. The van der Waals surface area contributed by atoms with E-state index in [2.05, 4.69) is 0 Å². The second kappa shape index (κ2) is 6.23. The molecule has 0 bridgehead atoms. The first kappa shape index (κ1) is 14.7. The molecule has 0 aliphatic rings. The van der Waals surface area contributed by atoms with E-state index in [1.807, 2.05) is 36.4 Å². The molecule has 23 heavy (non-hydrogen) atoms. The van der Waals surface area contributed by atoms with Gasteiger partial charge in [-0.25, -0.2) is 0 Å². The fourth-order valence-electron chi connectivity index (χ4n) is 2.41. The van der Waals surface area contributed by atoms with Crippen LogP contribution in [-0.4, -0.2) is 10.7 Å².